The number of hydrogen-bond acceptors (Lipinski definition) is 3. The molecule has 4 unspecified atom stereocenters. The van der Waals surface area contributed by atoms with E-state index in [1.165, 1.54) is 12.8 Å². The largest absolute Gasteiger partial charge is 0.368 e. The number of carbonyl (C=O) groups is 1. The molecule has 98 valence electrons. The van der Waals surface area contributed by atoms with Crippen molar-refractivity contribution in [3.8, 4) is 0 Å². The number of amides is 1. The zero-order valence-corrected chi connectivity index (χ0v) is 10.7. The fraction of sp³-hybridized carbons (Fsp3) is 0.923. The molecule has 1 heterocycles. The van der Waals surface area contributed by atoms with Gasteiger partial charge in [-0.05, 0) is 37.5 Å². The zero-order chi connectivity index (χ0) is 12.3. The van der Waals surface area contributed by atoms with Crippen molar-refractivity contribution in [3.05, 3.63) is 0 Å². The Balaban J connectivity index is 1.72. The minimum atomic E-state index is -0.229. The molecule has 0 aromatic heterocycles. The van der Waals surface area contributed by atoms with E-state index >= 15 is 0 Å². The zero-order valence-electron chi connectivity index (χ0n) is 10.7. The third-order valence-corrected chi connectivity index (χ3v) is 4.03. The van der Waals surface area contributed by atoms with Gasteiger partial charge in [0.2, 0.25) is 5.91 Å². The maximum Gasteiger partial charge on any atom is 0.249 e. The van der Waals surface area contributed by atoms with E-state index < -0.39 is 0 Å². The molecule has 4 heteroatoms. The molecule has 1 saturated heterocycles. The molecule has 1 aliphatic carbocycles. The van der Waals surface area contributed by atoms with Crippen molar-refractivity contribution in [2.45, 2.75) is 51.2 Å². The maximum absolute atomic E-state index is 11.9. The van der Waals surface area contributed by atoms with Gasteiger partial charge in [-0.25, -0.2) is 0 Å². The van der Waals surface area contributed by atoms with Gasteiger partial charge in [0.1, 0.15) is 6.10 Å². The summed E-state index contributed by atoms with van der Waals surface area (Å²) in [5, 5.41) is 3.03. The Hall–Kier alpha value is -0.610. The summed E-state index contributed by atoms with van der Waals surface area (Å²) in [6, 6.07) is 0.326. The Morgan fingerprint density at radius 2 is 2.24 bits per heavy atom. The number of nitrogens with two attached hydrogens (primary N) is 1. The van der Waals surface area contributed by atoms with Crippen LogP contribution in [0.5, 0.6) is 0 Å². The van der Waals surface area contributed by atoms with Crippen molar-refractivity contribution in [2.24, 2.45) is 17.6 Å². The van der Waals surface area contributed by atoms with Crippen LogP contribution in [0.15, 0.2) is 0 Å². The molecule has 0 bridgehead atoms. The molecule has 0 radical (unpaired) electrons. The molecule has 4 atom stereocenters. The molecular weight excluding hydrogens is 216 g/mol. The second kappa shape index (κ2) is 5.83. The molecule has 0 spiro atoms. The summed E-state index contributed by atoms with van der Waals surface area (Å²) < 4.78 is 5.45. The van der Waals surface area contributed by atoms with Crippen LogP contribution in [0.25, 0.3) is 0 Å². The fourth-order valence-electron chi connectivity index (χ4n) is 2.89. The number of ether oxygens (including phenoxy) is 1. The van der Waals surface area contributed by atoms with Crippen molar-refractivity contribution in [3.63, 3.8) is 0 Å². The molecule has 1 aliphatic heterocycles. The van der Waals surface area contributed by atoms with E-state index in [2.05, 4.69) is 12.2 Å². The summed E-state index contributed by atoms with van der Waals surface area (Å²) in [7, 11) is 0. The highest BCUT2D eigenvalue weighted by Crippen LogP contribution is 2.23. The van der Waals surface area contributed by atoms with Gasteiger partial charge in [-0.2, -0.15) is 0 Å². The van der Waals surface area contributed by atoms with E-state index in [0.717, 1.165) is 25.8 Å². The van der Waals surface area contributed by atoms with Crippen LogP contribution >= 0.6 is 0 Å². The van der Waals surface area contributed by atoms with Crippen molar-refractivity contribution in [2.75, 3.05) is 13.2 Å². The SMILES string of the molecule is CC1CCOC1C(=O)NCC1CCCC(N)C1. The van der Waals surface area contributed by atoms with E-state index in [1.807, 2.05) is 0 Å². The normalized spacial score (nSPS) is 38.0. The summed E-state index contributed by atoms with van der Waals surface area (Å²) in [5.74, 6) is 0.970. The fourth-order valence-corrected chi connectivity index (χ4v) is 2.89. The first-order valence-electron chi connectivity index (χ1n) is 6.81. The van der Waals surface area contributed by atoms with Crippen molar-refractivity contribution in [1.29, 1.82) is 0 Å². The second-order valence-electron chi connectivity index (χ2n) is 5.60. The average molecular weight is 240 g/mol. The molecule has 1 amide bonds. The van der Waals surface area contributed by atoms with Crippen molar-refractivity contribution < 1.29 is 9.53 Å². The number of carbonyl (C=O) groups excluding carboxylic acids is 1. The van der Waals surface area contributed by atoms with Crippen LogP contribution in [0.4, 0.5) is 0 Å². The van der Waals surface area contributed by atoms with E-state index in [-0.39, 0.29) is 12.0 Å². The van der Waals surface area contributed by atoms with Crippen LogP contribution in [0.3, 0.4) is 0 Å². The Bertz CT molecular complexity index is 270. The summed E-state index contributed by atoms with van der Waals surface area (Å²) >= 11 is 0. The molecule has 3 N–H and O–H groups in total. The monoisotopic (exact) mass is 240 g/mol. The Kier molecular flexibility index (Phi) is 4.40. The van der Waals surface area contributed by atoms with Crippen LogP contribution in [0, 0.1) is 11.8 Å². The number of hydrogen-bond donors (Lipinski definition) is 2. The van der Waals surface area contributed by atoms with Crippen LogP contribution in [0.2, 0.25) is 0 Å². The van der Waals surface area contributed by atoms with E-state index in [1.54, 1.807) is 0 Å². The summed E-state index contributed by atoms with van der Waals surface area (Å²) in [6.45, 7) is 3.56. The molecular formula is C13H24N2O2. The van der Waals surface area contributed by atoms with Gasteiger partial charge in [0.15, 0.2) is 0 Å². The topological polar surface area (TPSA) is 64.3 Å². The first-order valence-corrected chi connectivity index (χ1v) is 6.81. The third-order valence-electron chi connectivity index (χ3n) is 4.03. The lowest BCUT2D eigenvalue weighted by Crippen LogP contribution is -2.41. The average Bonchev–Trinajstić information content (AvgIpc) is 2.72. The Morgan fingerprint density at radius 3 is 2.88 bits per heavy atom. The molecule has 0 aromatic carbocycles. The van der Waals surface area contributed by atoms with Crippen molar-refractivity contribution in [1.82, 2.24) is 5.32 Å². The molecule has 2 aliphatic rings. The Morgan fingerprint density at radius 1 is 1.41 bits per heavy atom. The molecule has 17 heavy (non-hydrogen) atoms. The van der Waals surface area contributed by atoms with Crippen LogP contribution in [-0.4, -0.2) is 31.2 Å². The molecule has 0 aromatic rings. The van der Waals surface area contributed by atoms with E-state index in [0.29, 0.717) is 24.5 Å². The minimum Gasteiger partial charge on any atom is -0.368 e. The number of nitrogens with one attached hydrogen (secondary N) is 1. The predicted octanol–water partition coefficient (Wildman–Crippen LogP) is 1.05. The first-order chi connectivity index (χ1) is 8.16. The first kappa shape index (κ1) is 12.8. The predicted molar refractivity (Wildman–Crippen MR) is 66.5 cm³/mol. The van der Waals surface area contributed by atoms with Gasteiger partial charge in [-0.3, -0.25) is 4.79 Å². The Labute approximate surface area is 103 Å². The second-order valence-corrected chi connectivity index (χ2v) is 5.60. The van der Waals surface area contributed by atoms with Gasteiger partial charge in [0, 0.05) is 19.2 Å². The molecule has 4 nitrogen and oxygen atoms in total. The van der Waals surface area contributed by atoms with Gasteiger partial charge in [0.05, 0.1) is 0 Å². The lowest BCUT2D eigenvalue weighted by Gasteiger charge is -2.27. The molecule has 1 saturated carbocycles. The quantitative estimate of drug-likeness (QED) is 0.775. The third kappa shape index (κ3) is 3.42. The van der Waals surface area contributed by atoms with Crippen LogP contribution < -0.4 is 11.1 Å². The molecule has 2 fully saturated rings. The lowest BCUT2D eigenvalue weighted by atomic mass is 9.86. The lowest BCUT2D eigenvalue weighted by molar-refractivity contribution is -0.131. The van der Waals surface area contributed by atoms with E-state index in [4.69, 9.17) is 10.5 Å². The highest BCUT2D eigenvalue weighted by atomic mass is 16.5. The van der Waals surface area contributed by atoms with Gasteiger partial charge in [-0.1, -0.05) is 13.3 Å². The van der Waals surface area contributed by atoms with Crippen molar-refractivity contribution >= 4 is 5.91 Å². The highest BCUT2D eigenvalue weighted by Gasteiger charge is 2.31. The van der Waals surface area contributed by atoms with Gasteiger partial charge in [-0.15, -0.1) is 0 Å². The maximum atomic E-state index is 11.9. The van der Waals surface area contributed by atoms with E-state index in [9.17, 15) is 4.79 Å². The van der Waals surface area contributed by atoms with Gasteiger partial charge in [0.25, 0.3) is 0 Å². The summed E-state index contributed by atoms with van der Waals surface area (Å²) in [5.41, 5.74) is 5.94. The van der Waals surface area contributed by atoms with Gasteiger partial charge < -0.3 is 15.8 Å². The van der Waals surface area contributed by atoms with Gasteiger partial charge >= 0.3 is 0 Å². The number of rotatable bonds is 3. The highest BCUT2D eigenvalue weighted by molar-refractivity contribution is 5.81. The molecule has 2 rings (SSSR count). The summed E-state index contributed by atoms with van der Waals surface area (Å²) in [4.78, 5) is 11.9. The standard InChI is InChI=1S/C13H24N2O2/c1-9-5-6-17-12(9)13(16)15-8-10-3-2-4-11(14)7-10/h9-12H,2-8,14H2,1H3,(H,15,16). The minimum absolute atomic E-state index is 0.0640. The summed E-state index contributed by atoms with van der Waals surface area (Å²) in [6.07, 6.45) is 5.32. The van der Waals surface area contributed by atoms with Crippen LogP contribution in [-0.2, 0) is 9.53 Å². The van der Waals surface area contributed by atoms with Crippen LogP contribution in [0.1, 0.15) is 39.0 Å². The smallest absolute Gasteiger partial charge is 0.249 e.